The molecular weight excluding hydrogens is 360 g/mol. The number of nitrogens with zero attached hydrogens (tertiary/aromatic N) is 3. The van der Waals surface area contributed by atoms with Crippen molar-refractivity contribution in [2.45, 2.75) is 17.9 Å². The molecule has 0 amide bonds. The highest BCUT2D eigenvalue weighted by atomic mass is 32.2. The van der Waals surface area contributed by atoms with Gasteiger partial charge in [-0.2, -0.15) is 4.31 Å². The third-order valence-electron chi connectivity index (χ3n) is 4.19. The Bertz CT molecular complexity index is 1010. The van der Waals surface area contributed by atoms with Crippen molar-refractivity contribution in [3.63, 3.8) is 0 Å². The van der Waals surface area contributed by atoms with E-state index in [1.54, 1.807) is 19.0 Å². The molecule has 10 heteroatoms. The summed E-state index contributed by atoms with van der Waals surface area (Å²) in [5.41, 5.74) is 0.663. The first-order valence-corrected chi connectivity index (χ1v) is 9.27. The van der Waals surface area contributed by atoms with E-state index in [2.05, 4.69) is 9.97 Å². The zero-order valence-corrected chi connectivity index (χ0v) is 15.1. The third-order valence-corrected chi connectivity index (χ3v) is 6.05. The Morgan fingerprint density at radius 2 is 1.92 bits per heavy atom. The van der Waals surface area contributed by atoms with Crippen LogP contribution in [-0.4, -0.2) is 54.4 Å². The lowest BCUT2D eigenvalue weighted by Gasteiger charge is -2.27. The van der Waals surface area contributed by atoms with E-state index in [0.29, 0.717) is 17.2 Å². The number of carbonyl (C=O) groups is 1. The summed E-state index contributed by atoms with van der Waals surface area (Å²) in [5.74, 6) is -0.765. The number of sulfonamides is 1. The molecule has 2 heterocycles. The number of hydrogen-bond acceptors (Lipinski definition) is 6. The number of aromatic carboxylic acids is 1. The summed E-state index contributed by atoms with van der Waals surface area (Å²) in [4.78, 5) is 31.8. The van der Waals surface area contributed by atoms with E-state index in [1.165, 1.54) is 28.6 Å². The summed E-state index contributed by atoms with van der Waals surface area (Å²) < 4.78 is 26.9. The number of carboxylic acids is 1. The van der Waals surface area contributed by atoms with Crippen LogP contribution in [0.3, 0.4) is 0 Å². The minimum Gasteiger partial charge on any atom is -0.478 e. The quantitative estimate of drug-likeness (QED) is 0.783. The van der Waals surface area contributed by atoms with Gasteiger partial charge in [0.2, 0.25) is 16.0 Å². The van der Waals surface area contributed by atoms with Gasteiger partial charge in [0.1, 0.15) is 0 Å². The van der Waals surface area contributed by atoms with Crippen molar-refractivity contribution >= 4 is 21.9 Å². The first-order valence-electron chi connectivity index (χ1n) is 7.83. The van der Waals surface area contributed by atoms with Crippen LogP contribution < -0.4 is 10.5 Å². The second-order valence-corrected chi connectivity index (χ2v) is 8.07. The minimum absolute atomic E-state index is 0.00336. The Hall–Kier alpha value is -2.72. The maximum Gasteiger partial charge on any atom is 0.335 e. The van der Waals surface area contributed by atoms with Crippen LogP contribution in [0.2, 0.25) is 0 Å². The van der Waals surface area contributed by atoms with E-state index in [4.69, 9.17) is 5.11 Å². The average molecular weight is 378 g/mol. The number of carboxylic acid groups (broad SMARTS) is 1. The number of benzene rings is 1. The number of fused-ring (bicyclic) bond motifs is 1. The topological polar surface area (TPSA) is 124 Å². The second kappa shape index (κ2) is 6.54. The lowest BCUT2D eigenvalue weighted by atomic mass is 10.1. The van der Waals surface area contributed by atoms with Crippen LogP contribution in [0.4, 0.5) is 5.95 Å². The van der Waals surface area contributed by atoms with E-state index < -0.39 is 16.0 Å². The van der Waals surface area contributed by atoms with Crippen molar-refractivity contribution in [1.29, 1.82) is 0 Å². The highest BCUT2D eigenvalue weighted by Crippen LogP contribution is 2.23. The Balaban J connectivity index is 1.94. The van der Waals surface area contributed by atoms with E-state index in [1.807, 2.05) is 0 Å². The Kier molecular flexibility index (Phi) is 4.55. The summed E-state index contributed by atoms with van der Waals surface area (Å²) in [5, 5.41) is 8.93. The predicted octanol–water partition coefficient (Wildman–Crippen LogP) is 0.281. The lowest BCUT2D eigenvalue weighted by Crippen LogP contribution is -2.39. The van der Waals surface area contributed by atoms with Gasteiger partial charge in [-0.05, 0) is 30.7 Å². The predicted molar refractivity (Wildman–Crippen MR) is 93.9 cm³/mol. The van der Waals surface area contributed by atoms with Crippen LogP contribution in [0.5, 0.6) is 0 Å². The molecular formula is C16H18N4O5S. The molecule has 9 nitrogen and oxygen atoms in total. The van der Waals surface area contributed by atoms with Crippen molar-refractivity contribution in [3.8, 4) is 0 Å². The van der Waals surface area contributed by atoms with Crippen molar-refractivity contribution in [2.75, 3.05) is 25.5 Å². The average Bonchev–Trinajstić information content (AvgIpc) is 2.61. The van der Waals surface area contributed by atoms with Gasteiger partial charge in [0, 0.05) is 26.2 Å². The first kappa shape index (κ1) is 18.1. The molecule has 0 fully saturated rings. The van der Waals surface area contributed by atoms with Gasteiger partial charge in [-0.3, -0.25) is 9.78 Å². The number of nitrogens with one attached hydrogen (secondary N) is 1. The lowest BCUT2D eigenvalue weighted by molar-refractivity contribution is 0.0696. The van der Waals surface area contributed by atoms with Gasteiger partial charge in [0.15, 0.2) is 0 Å². The van der Waals surface area contributed by atoms with Crippen molar-refractivity contribution in [2.24, 2.45) is 0 Å². The highest BCUT2D eigenvalue weighted by Gasteiger charge is 2.30. The van der Waals surface area contributed by atoms with Crippen LogP contribution in [0.1, 0.15) is 21.6 Å². The zero-order valence-electron chi connectivity index (χ0n) is 14.3. The number of aromatic amines is 1. The number of rotatable bonds is 4. The summed E-state index contributed by atoms with van der Waals surface area (Å²) in [6.07, 6.45) is 0.262. The molecule has 26 heavy (non-hydrogen) atoms. The Morgan fingerprint density at radius 1 is 1.27 bits per heavy atom. The molecule has 2 N–H and O–H groups in total. The fraction of sp³-hybridized carbons (Fsp3) is 0.312. The largest absolute Gasteiger partial charge is 0.478 e. The summed E-state index contributed by atoms with van der Waals surface area (Å²) in [6.45, 7) is 0.144. The molecule has 138 valence electrons. The molecule has 1 aromatic heterocycles. The van der Waals surface area contributed by atoms with E-state index >= 15 is 0 Å². The second-order valence-electron chi connectivity index (χ2n) is 6.13. The van der Waals surface area contributed by atoms with Gasteiger partial charge >= 0.3 is 5.97 Å². The Labute approximate surface area is 150 Å². The number of hydrogen-bond donors (Lipinski definition) is 2. The standard InChI is InChI=1S/C16H18N4O5S/c1-19(2)16-17-13-9-20(8-7-12(13)14(21)18-16)26(24,25)11-5-3-10(4-6-11)15(22)23/h3-6H,7-9H2,1-2H3,(H,22,23)(H,17,18,21). The van der Waals surface area contributed by atoms with Gasteiger partial charge < -0.3 is 10.0 Å². The normalized spacial score (nSPS) is 14.7. The zero-order chi connectivity index (χ0) is 19.1. The van der Waals surface area contributed by atoms with Crippen LogP contribution in [0.25, 0.3) is 0 Å². The fourth-order valence-corrected chi connectivity index (χ4v) is 4.14. The molecule has 1 aliphatic rings. The summed E-state index contributed by atoms with van der Waals surface area (Å²) in [6, 6.07) is 5.04. The summed E-state index contributed by atoms with van der Waals surface area (Å²) in [7, 11) is -0.362. The maximum absolute atomic E-state index is 12.8. The van der Waals surface area contributed by atoms with Crippen LogP contribution in [0.15, 0.2) is 34.0 Å². The van der Waals surface area contributed by atoms with Crippen LogP contribution in [0, 0.1) is 0 Å². The molecule has 0 bridgehead atoms. The minimum atomic E-state index is -3.82. The van der Waals surface area contributed by atoms with Gasteiger partial charge in [0.05, 0.1) is 22.7 Å². The van der Waals surface area contributed by atoms with Crippen molar-refractivity contribution in [1.82, 2.24) is 14.3 Å². The van der Waals surface area contributed by atoms with E-state index in [9.17, 15) is 18.0 Å². The molecule has 1 aliphatic heterocycles. The SMILES string of the molecule is CN(C)c1nc2c(c(=O)[nH]1)CCN(S(=O)(=O)c1ccc(C(=O)O)cc1)C2. The van der Waals surface area contributed by atoms with E-state index in [0.717, 1.165) is 0 Å². The molecule has 0 saturated carbocycles. The third kappa shape index (κ3) is 3.20. The van der Waals surface area contributed by atoms with Gasteiger partial charge in [-0.15, -0.1) is 0 Å². The highest BCUT2D eigenvalue weighted by molar-refractivity contribution is 7.89. The number of aromatic nitrogens is 2. The molecule has 0 spiro atoms. The fourth-order valence-electron chi connectivity index (χ4n) is 2.74. The molecule has 0 radical (unpaired) electrons. The molecule has 0 saturated heterocycles. The smallest absolute Gasteiger partial charge is 0.335 e. The van der Waals surface area contributed by atoms with Crippen LogP contribution in [-0.2, 0) is 23.0 Å². The maximum atomic E-state index is 12.8. The van der Waals surface area contributed by atoms with Crippen molar-refractivity contribution < 1.29 is 18.3 Å². The molecule has 0 atom stereocenters. The van der Waals surface area contributed by atoms with Crippen LogP contribution >= 0.6 is 0 Å². The molecule has 0 unspecified atom stereocenters. The molecule has 3 rings (SSSR count). The van der Waals surface area contributed by atoms with Gasteiger partial charge in [-0.25, -0.2) is 18.2 Å². The molecule has 2 aromatic rings. The molecule has 1 aromatic carbocycles. The van der Waals surface area contributed by atoms with Crippen molar-refractivity contribution in [3.05, 3.63) is 51.4 Å². The monoisotopic (exact) mass is 378 g/mol. The Morgan fingerprint density at radius 3 is 2.50 bits per heavy atom. The van der Waals surface area contributed by atoms with Gasteiger partial charge in [-0.1, -0.05) is 0 Å². The summed E-state index contributed by atoms with van der Waals surface area (Å²) >= 11 is 0. The van der Waals surface area contributed by atoms with E-state index in [-0.39, 0.29) is 35.5 Å². The number of anilines is 1. The molecule has 0 aliphatic carbocycles. The van der Waals surface area contributed by atoms with Gasteiger partial charge in [0.25, 0.3) is 5.56 Å². The first-order chi connectivity index (χ1) is 12.2. The number of H-pyrrole nitrogens is 1.